The van der Waals surface area contributed by atoms with Crippen LogP contribution in [0.5, 0.6) is 0 Å². The monoisotopic (exact) mass is 262 g/mol. The minimum absolute atomic E-state index is 0.212. The number of carbonyl (C=O) groups is 1. The third-order valence-corrected chi connectivity index (χ3v) is 3.97. The Bertz CT molecular complexity index is 481. The van der Waals surface area contributed by atoms with Crippen molar-refractivity contribution in [1.82, 2.24) is 10.3 Å². The summed E-state index contributed by atoms with van der Waals surface area (Å²) in [6.07, 6.45) is 8.51. The van der Waals surface area contributed by atoms with E-state index < -0.39 is 0 Å². The van der Waals surface area contributed by atoms with Crippen LogP contribution in [0.3, 0.4) is 0 Å². The molecular weight excluding hydrogens is 240 g/mol. The second-order valence-corrected chi connectivity index (χ2v) is 5.33. The molecule has 1 amide bonds. The van der Waals surface area contributed by atoms with Gasteiger partial charge in [-0.15, -0.1) is 0 Å². The predicted molar refractivity (Wildman–Crippen MR) is 75.2 cm³/mol. The van der Waals surface area contributed by atoms with Crippen molar-refractivity contribution in [3.05, 3.63) is 34.2 Å². The average molecular weight is 262 g/mol. The number of hydrogen-bond donors (Lipinski definition) is 2. The largest absolute Gasteiger partial charge is 0.349 e. The van der Waals surface area contributed by atoms with Gasteiger partial charge >= 0.3 is 0 Å². The minimum Gasteiger partial charge on any atom is -0.349 e. The van der Waals surface area contributed by atoms with Crippen molar-refractivity contribution in [3.63, 3.8) is 0 Å². The Hall–Kier alpha value is -1.58. The Morgan fingerprint density at radius 1 is 1.47 bits per heavy atom. The molecule has 0 aliphatic heterocycles. The van der Waals surface area contributed by atoms with Gasteiger partial charge in [-0.2, -0.15) is 0 Å². The fourth-order valence-electron chi connectivity index (χ4n) is 2.89. The molecule has 1 fully saturated rings. The highest BCUT2D eigenvalue weighted by Crippen LogP contribution is 2.29. The van der Waals surface area contributed by atoms with E-state index in [9.17, 15) is 9.59 Å². The van der Waals surface area contributed by atoms with Crippen LogP contribution in [0.15, 0.2) is 23.1 Å². The van der Waals surface area contributed by atoms with E-state index >= 15 is 0 Å². The molecule has 0 spiro atoms. The molecule has 2 atom stereocenters. The highest BCUT2D eigenvalue weighted by Gasteiger charge is 2.28. The molecule has 1 heterocycles. The summed E-state index contributed by atoms with van der Waals surface area (Å²) in [5.41, 5.74) is -0.105. The van der Waals surface area contributed by atoms with Crippen molar-refractivity contribution >= 4 is 5.91 Å². The molecule has 0 saturated heterocycles. The minimum atomic E-state index is -0.317. The Kier molecular flexibility index (Phi) is 4.77. The van der Waals surface area contributed by atoms with Crippen LogP contribution in [0.4, 0.5) is 0 Å². The highest BCUT2D eigenvalue weighted by molar-refractivity contribution is 5.93. The second kappa shape index (κ2) is 6.55. The van der Waals surface area contributed by atoms with Gasteiger partial charge in [-0.1, -0.05) is 26.2 Å². The average Bonchev–Trinajstić information content (AvgIpc) is 2.84. The summed E-state index contributed by atoms with van der Waals surface area (Å²) in [5, 5.41) is 3.04. The number of pyridine rings is 1. The van der Waals surface area contributed by atoms with E-state index in [-0.39, 0.29) is 23.1 Å². The summed E-state index contributed by atoms with van der Waals surface area (Å²) in [7, 11) is 0. The van der Waals surface area contributed by atoms with E-state index in [1.165, 1.54) is 32.1 Å². The van der Waals surface area contributed by atoms with Crippen molar-refractivity contribution in [2.75, 3.05) is 0 Å². The van der Waals surface area contributed by atoms with Gasteiger partial charge in [0.2, 0.25) is 0 Å². The quantitative estimate of drug-likeness (QED) is 0.856. The number of aromatic amines is 1. The third-order valence-electron chi connectivity index (χ3n) is 3.97. The molecule has 2 rings (SSSR count). The van der Waals surface area contributed by atoms with E-state index in [1.807, 2.05) is 0 Å². The third kappa shape index (κ3) is 3.46. The molecule has 1 aliphatic rings. The maximum Gasteiger partial charge on any atom is 0.260 e. The lowest BCUT2D eigenvalue weighted by molar-refractivity contribution is 0.0925. The fourth-order valence-corrected chi connectivity index (χ4v) is 2.89. The van der Waals surface area contributed by atoms with Crippen LogP contribution in [0.2, 0.25) is 0 Å². The number of nitrogens with one attached hydrogen (secondary N) is 2. The number of hydrogen-bond acceptors (Lipinski definition) is 2. The molecular formula is C15H22N2O2. The predicted octanol–water partition coefficient (Wildman–Crippen LogP) is 2.46. The number of rotatable bonds is 5. The van der Waals surface area contributed by atoms with Gasteiger partial charge in [0.15, 0.2) is 0 Å². The SMILES string of the molecule is CCCCC1CCCC1NC(=O)c1ccc[nH]c1=O. The van der Waals surface area contributed by atoms with E-state index in [2.05, 4.69) is 17.2 Å². The zero-order valence-corrected chi connectivity index (χ0v) is 11.4. The van der Waals surface area contributed by atoms with E-state index in [1.54, 1.807) is 18.3 Å². The van der Waals surface area contributed by atoms with Gasteiger partial charge in [-0.25, -0.2) is 0 Å². The smallest absolute Gasteiger partial charge is 0.260 e. The standard InChI is InChI=1S/C15H22N2O2/c1-2-3-6-11-7-4-9-13(11)17-15(19)12-8-5-10-16-14(12)18/h5,8,10-11,13H,2-4,6-7,9H2,1H3,(H,16,18)(H,17,19). The van der Waals surface area contributed by atoms with Crippen LogP contribution in [0.25, 0.3) is 0 Å². The van der Waals surface area contributed by atoms with Crippen molar-refractivity contribution < 1.29 is 4.79 Å². The molecule has 4 heteroatoms. The van der Waals surface area contributed by atoms with Crippen molar-refractivity contribution in [3.8, 4) is 0 Å². The van der Waals surface area contributed by atoms with Crippen molar-refractivity contribution in [2.45, 2.75) is 51.5 Å². The molecule has 1 saturated carbocycles. The van der Waals surface area contributed by atoms with E-state index in [0.29, 0.717) is 5.92 Å². The molecule has 4 nitrogen and oxygen atoms in total. The number of aromatic nitrogens is 1. The molecule has 19 heavy (non-hydrogen) atoms. The maximum absolute atomic E-state index is 12.1. The molecule has 1 aromatic heterocycles. The van der Waals surface area contributed by atoms with Gasteiger partial charge in [0.1, 0.15) is 5.56 Å². The first-order valence-electron chi connectivity index (χ1n) is 7.21. The molecule has 2 N–H and O–H groups in total. The lowest BCUT2D eigenvalue weighted by Gasteiger charge is -2.20. The normalized spacial score (nSPS) is 22.4. The van der Waals surface area contributed by atoms with Gasteiger partial charge < -0.3 is 10.3 Å². The first kappa shape index (κ1) is 13.8. The molecule has 104 valence electrons. The summed E-state index contributed by atoms with van der Waals surface area (Å²) >= 11 is 0. The molecule has 0 bridgehead atoms. The second-order valence-electron chi connectivity index (χ2n) is 5.33. The summed E-state index contributed by atoms with van der Waals surface area (Å²) < 4.78 is 0. The van der Waals surface area contributed by atoms with Crippen LogP contribution in [-0.4, -0.2) is 16.9 Å². The van der Waals surface area contributed by atoms with Gasteiger partial charge in [0.25, 0.3) is 11.5 Å². The summed E-state index contributed by atoms with van der Waals surface area (Å²) in [6, 6.07) is 3.49. The Morgan fingerprint density at radius 3 is 3.05 bits per heavy atom. The number of unbranched alkanes of at least 4 members (excludes halogenated alkanes) is 1. The molecule has 0 radical (unpaired) electrons. The van der Waals surface area contributed by atoms with Gasteiger partial charge in [0.05, 0.1) is 0 Å². The van der Waals surface area contributed by atoms with Crippen LogP contribution in [0.1, 0.15) is 55.8 Å². The Balaban J connectivity index is 1.98. The number of amides is 1. The first-order chi connectivity index (χ1) is 9.22. The molecule has 0 aromatic carbocycles. The van der Waals surface area contributed by atoms with E-state index in [0.717, 1.165) is 6.42 Å². The molecule has 1 aromatic rings. The Morgan fingerprint density at radius 2 is 2.32 bits per heavy atom. The number of H-pyrrole nitrogens is 1. The summed E-state index contributed by atoms with van der Waals surface area (Å²) in [4.78, 5) is 26.2. The fraction of sp³-hybridized carbons (Fsp3) is 0.600. The van der Waals surface area contributed by atoms with Crippen molar-refractivity contribution in [1.29, 1.82) is 0 Å². The summed E-state index contributed by atoms with van der Waals surface area (Å²) in [6.45, 7) is 2.19. The van der Waals surface area contributed by atoms with Crippen LogP contribution in [0, 0.1) is 5.92 Å². The summed E-state index contributed by atoms with van der Waals surface area (Å²) in [5.74, 6) is 0.335. The topological polar surface area (TPSA) is 62.0 Å². The zero-order valence-electron chi connectivity index (χ0n) is 11.4. The van der Waals surface area contributed by atoms with Crippen LogP contribution < -0.4 is 10.9 Å². The van der Waals surface area contributed by atoms with Gasteiger partial charge in [0, 0.05) is 12.2 Å². The lowest BCUT2D eigenvalue weighted by atomic mass is 9.96. The van der Waals surface area contributed by atoms with Crippen molar-refractivity contribution in [2.24, 2.45) is 5.92 Å². The molecule has 1 aliphatic carbocycles. The van der Waals surface area contributed by atoms with Crippen LogP contribution in [-0.2, 0) is 0 Å². The maximum atomic E-state index is 12.1. The Labute approximate surface area is 113 Å². The first-order valence-corrected chi connectivity index (χ1v) is 7.21. The lowest BCUT2D eigenvalue weighted by Crippen LogP contribution is -2.39. The zero-order chi connectivity index (χ0) is 13.7. The van der Waals surface area contributed by atoms with E-state index in [4.69, 9.17) is 0 Å². The van der Waals surface area contributed by atoms with Gasteiger partial charge in [-0.05, 0) is 37.3 Å². The van der Waals surface area contributed by atoms with Gasteiger partial charge in [-0.3, -0.25) is 9.59 Å². The highest BCUT2D eigenvalue weighted by atomic mass is 16.2. The number of carbonyl (C=O) groups excluding carboxylic acids is 1. The molecule has 2 unspecified atom stereocenters. The van der Waals surface area contributed by atoms with Crippen LogP contribution >= 0.6 is 0 Å².